The van der Waals surface area contributed by atoms with Crippen LogP contribution >= 0.6 is 0 Å². The van der Waals surface area contributed by atoms with Gasteiger partial charge in [-0.3, -0.25) is 9.59 Å². The van der Waals surface area contributed by atoms with E-state index in [-0.39, 0.29) is 5.91 Å². The van der Waals surface area contributed by atoms with Crippen LogP contribution in [-0.2, 0) is 4.79 Å². The Morgan fingerprint density at radius 1 is 1.09 bits per heavy atom. The molecular weight excluding hydrogens is 290 g/mol. The number of carboxylic acids is 1. The lowest BCUT2D eigenvalue weighted by atomic mass is 9.79. The number of aliphatic carboxylic acids is 1. The van der Waals surface area contributed by atoms with Gasteiger partial charge in [0.1, 0.15) is 5.92 Å². The van der Waals surface area contributed by atoms with Gasteiger partial charge in [-0.1, -0.05) is 55.5 Å². The molecule has 1 amide bonds. The number of amides is 1. The van der Waals surface area contributed by atoms with Gasteiger partial charge in [0.15, 0.2) is 0 Å². The zero-order valence-electron chi connectivity index (χ0n) is 13.0. The number of carboxylic acid groups (broad SMARTS) is 1. The van der Waals surface area contributed by atoms with Crippen molar-refractivity contribution in [1.82, 2.24) is 4.90 Å². The fraction of sp³-hybridized carbons (Fsp3) is 0.263. The highest BCUT2D eigenvalue weighted by Gasteiger charge is 2.43. The van der Waals surface area contributed by atoms with Gasteiger partial charge < -0.3 is 10.0 Å². The smallest absolute Gasteiger partial charge is 0.313 e. The van der Waals surface area contributed by atoms with E-state index < -0.39 is 17.9 Å². The predicted molar refractivity (Wildman–Crippen MR) is 87.3 cm³/mol. The van der Waals surface area contributed by atoms with Crippen molar-refractivity contribution < 1.29 is 14.7 Å². The summed E-state index contributed by atoms with van der Waals surface area (Å²) in [5.41, 5.74) is 1.96. The summed E-state index contributed by atoms with van der Waals surface area (Å²) in [4.78, 5) is 26.6. The van der Waals surface area contributed by atoms with Crippen molar-refractivity contribution in [3.63, 3.8) is 0 Å². The van der Waals surface area contributed by atoms with Gasteiger partial charge in [0.05, 0.1) is 6.04 Å². The molecule has 0 saturated heterocycles. The molecule has 2 atom stereocenters. The van der Waals surface area contributed by atoms with E-state index in [4.69, 9.17) is 0 Å². The summed E-state index contributed by atoms with van der Waals surface area (Å²) in [6, 6.07) is 16.0. The number of hydrogen-bond donors (Lipinski definition) is 1. The summed E-state index contributed by atoms with van der Waals surface area (Å²) in [6.07, 6.45) is 0.781. The molecule has 1 aliphatic heterocycles. The maximum Gasteiger partial charge on any atom is 0.313 e. The Hall–Kier alpha value is -2.62. The molecule has 0 aromatic heterocycles. The first-order valence-corrected chi connectivity index (χ1v) is 7.82. The zero-order valence-corrected chi connectivity index (χ0v) is 13.0. The zero-order chi connectivity index (χ0) is 16.4. The summed E-state index contributed by atoms with van der Waals surface area (Å²) in [6.45, 7) is 2.53. The van der Waals surface area contributed by atoms with Crippen molar-refractivity contribution in [1.29, 1.82) is 0 Å². The number of rotatable bonds is 4. The van der Waals surface area contributed by atoms with Crippen LogP contribution in [-0.4, -0.2) is 28.4 Å². The average Bonchev–Trinajstić information content (AvgIpc) is 2.57. The lowest BCUT2D eigenvalue weighted by Crippen LogP contribution is -2.45. The summed E-state index contributed by atoms with van der Waals surface area (Å²) in [5, 5.41) is 9.85. The van der Waals surface area contributed by atoms with Crippen LogP contribution in [0.25, 0.3) is 0 Å². The normalized spacial score (nSPS) is 20.2. The number of benzene rings is 2. The molecule has 2 unspecified atom stereocenters. The average molecular weight is 309 g/mol. The molecular formula is C19H19NO3. The fourth-order valence-electron chi connectivity index (χ4n) is 3.37. The van der Waals surface area contributed by atoms with Gasteiger partial charge in [0.25, 0.3) is 5.91 Å². The monoisotopic (exact) mass is 309 g/mol. The SMILES string of the molecule is CCCN1C(=O)c2ccccc2C(C(=O)O)C1c1ccccc1. The van der Waals surface area contributed by atoms with E-state index in [0.29, 0.717) is 17.7 Å². The standard InChI is InChI=1S/C19H19NO3/c1-2-12-20-17(13-8-4-3-5-9-13)16(19(22)23)14-10-6-7-11-15(14)18(20)21/h3-11,16-17H,2,12H2,1H3,(H,22,23). The predicted octanol–water partition coefficient (Wildman–Crippen LogP) is 3.46. The van der Waals surface area contributed by atoms with Crippen molar-refractivity contribution in [3.8, 4) is 0 Å². The van der Waals surface area contributed by atoms with Crippen LogP contribution in [0.5, 0.6) is 0 Å². The number of fused-ring (bicyclic) bond motifs is 1. The number of nitrogens with zero attached hydrogens (tertiary/aromatic N) is 1. The molecule has 0 fully saturated rings. The third-order valence-electron chi connectivity index (χ3n) is 4.31. The molecule has 4 heteroatoms. The fourth-order valence-corrected chi connectivity index (χ4v) is 3.37. The minimum atomic E-state index is -0.903. The molecule has 1 heterocycles. The summed E-state index contributed by atoms with van der Waals surface area (Å²) in [7, 11) is 0. The van der Waals surface area contributed by atoms with Gasteiger partial charge in [-0.2, -0.15) is 0 Å². The van der Waals surface area contributed by atoms with E-state index in [1.165, 1.54) is 0 Å². The Morgan fingerprint density at radius 2 is 1.74 bits per heavy atom. The van der Waals surface area contributed by atoms with Crippen LogP contribution in [0.2, 0.25) is 0 Å². The number of carbonyl (C=O) groups is 2. The van der Waals surface area contributed by atoms with E-state index in [1.807, 2.05) is 37.3 Å². The van der Waals surface area contributed by atoms with Crippen LogP contribution in [0.4, 0.5) is 0 Å². The van der Waals surface area contributed by atoms with Gasteiger partial charge in [-0.25, -0.2) is 0 Å². The Kier molecular flexibility index (Phi) is 4.15. The molecule has 0 radical (unpaired) electrons. The third-order valence-corrected chi connectivity index (χ3v) is 4.31. The number of hydrogen-bond acceptors (Lipinski definition) is 2. The highest BCUT2D eigenvalue weighted by molar-refractivity contribution is 6.00. The van der Waals surface area contributed by atoms with Crippen molar-refractivity contribution in [2.75, 3.05) is 6.54 Å². The van der Waals surface area contributed by atoms with E-state index in [1.54, 1.807) is 29.2 Å². The molecule has 0 aliphatic carbocycles. The first-order valence-electron chi connectivity index (χ1n) is 7.82. The van der Waals surface area contributed by atoms with Crippen LogP contribution in [0.15, 0.2) is 54.6 Å². The lowest BCUT2D eigenvalue weighted by molar-refractivity contribution is -0.140. The molecule has 1 N–H and O–H groups in total. The second-order valence-electron chi connectivity index (χ2n) is 5.76. The van der Waals surface area contributed by atoms with Crippen molar-refractivity contribution in [3.05, 3.63) is 71.3 Å². The number of carbonyl (C=O) groups excluding carboxylic acids is 1. The minimum Gasteiger partial charge on any atom is -0.481 e. The third kappa shape index (κ3) is 2.61. The van der Waals surface area contributed by atoms with Gasteiger partial charge >= 0.3 is 5.97 Å². The van der Waals surface area contributed by atoms with Crippen LogP contribution in [0.1, 0.15) is 46.8 Å². The van der Waals surface area contributed by atoms with Crippen molar-refractivity contribution in [2.24, 2.45) is 0 Å². The van der Waals surface area contributed by atoms with Gasteiger partial charge in [-0.15, -0.1) is 0 Å². The highest BCUT2D eigenvalue weighted by Crippen LogP contribution is 2.42. The molecule has 4 nitrogen and oxygen atoms in total. The van der Waals surface area contributed by atoms with Crippen molar-refractivity contribution in [2.45, 2.75) is 25.3 Å². The topological polar surface area (TPSA) is 57.6 Å². The van der Waals surface area contributed by atoms with Crippen molar-refractivity contribution >= 4 is 11.9 Å². The maximum atomic E-state index is 12.9. The Bertz CT molecular complexity index is 726. The molecule has 118 valence electrons. The highest BCUT2D eigenvalue weighted by atomic mass is 16.4. The second-order valence-corrected chi connectivity index (χ2v) is 5.76. The van der Waals surface area contributed by atoms with E-state index in [2.05, 4.69) is 0 Å². The van der Waals surface area contributed by atoms with Crippen LogP contribution in [0.3, 0.4) is 0 Å². The Balaban J connectivity index is 2.20. The molecule has 3 rings (SSSR count). The first kappa shape index (κ1) is 15.3. The Labute approximate surface area is 135 Å². The van der Waals surface area contributed by atoms with E-state index in [9.17, 15) is 14.7 Å². The molecule has 2 aromatic carbocycles. The molecule has 0 saturated carbocycles. The summed E-state index contributed by atoms with van der Waals surface area (Å²) >= 11 is 0. The summed E-state index contributed by atoms with van der Waals surface area (Å²) < 4.78 is 0. The lowest BCUT2D eigenvalue weighted by Gasteiger charge is -2.40. The quantitative estimate of drug-likeness (QED) is 0.941. The molecule has 1 aliphatic rings. The van der Waals surface area contributed by atoms with Crippen LogP contribution in [0, 0.1) is 0 Å². The molecule has 23 heavy (non-hydrogen) atoms. The largest absolute Gasteiger partial charge is 0.481 e. The molecule has 0 spiro atoms. The maximum absolute atomic E-state index is 12.9. The van der Waals surface area contributed by atoms with E-state index in [0.717, 1.165) is 12.0 Å². The van der Waals surface area contributed by atoms with Gasteiger partial charge in [0, 0.05) is 12.1 Å². The second kappa shape index (κ2) is 6.24. The summed E-state index contributed by atoms with van der Waals surface area (Å²) in [5.74, 6) is -1.74. The van der Waals surface area contributed by atoms with Gasteiger partial charge in [-0.05, 0) is 23.6 Å². The molecule has 2 aromatic rings. The van der Waals surface area contributed by atoms with E-state index >= 15 is 0 Å². The first-order chi connectivity index (χ1) is 11.1. The molecule has 0 bridgehead atoms. The van der Waals surface area contributed by atoms with Gasteiger partial charge in [0.2, 0.25) is 0 Å². The van der Waals surface area contributed by atoms with Crippen LogP contribution < -0.4 is 0 Å². The Morgan fingerprint density at radius 3 is 2.39 bits per heavy atom. The minimum absolute atomic E-state index is 0.0891.